The topological polar surface area (TPSA) is 61.3 Å². The third-order valence-electron chi connectivity index (χ3n) is 1.40. The Morgan fingerprint density at radius 2 is 1.64 bits per heavy atom. The van der Waals surface area contributed by atoms with Crippen LogP contribution in [0.15, 0.2) is 0 Å². The first-order valence-electron chi connectivity index (χ1n) is 3.99. The lowest BCUT2D eigenvalue weighted by Crippen LogP contribution is -2.27. The summed E-state index contributed by atoms with van der Waals surface area (Å²) >= 11 is 0. The van der Waals surface area contributed by atoms with Gasteiger partial charge in [-0.15, -0.1) is 0 Å². The molecule has 11 heavy (non-hydrogen) atoms. The van der Waals surface area contributed by atoms with Crippen LogP contribution in [0, 0.1) is 0 Å². The molecule has 3 nitrogen and oxygen atoms in total. The zero-order valence-electron chi connectivity index (χ0n) is 8.18. The molecule has 0 saturated heterocycles. The standard InChI is InChI=1S/C6H16OSi.CH6N2/c1-5-6-8(3,4)7-2;2-1-3/h5-6H2,1-4H3;1-3H2. The summed E-state index contributed by atoms with van der Waals surface area (Å²) in [7, 11) is 0.644. The molecule has 0 aromatic rings. The van der Waals surface area contributed by atoms with Crippen LogP contribution in [0.1, 0.15) is 13.3 Å². The fraction of sp³-hybridized carbons (Fsp3) is 1.00. The predicted molar refractivity (Wildman–Crippen MR) is 52.8 cm³/mol. The van der Waals surface area contributed by atoms with Crippen LogP contribution >= 0.6 is 0 Å². The molecule has 0 aromatic carbocycles. The Hall–Kier alpha value is 0.0969. The van der Waals surface area contributed by atoms with E-state index in [0.29, 0.717) is 0 Å². The Labute approximate surface area is 71.2 Å². The Morgan fingerprint density at radius 1 is 1.27 bits per heavy atom. The minimum absolute atomic E-state index is 0.250. The Kier molecular flexibility index (Phi) is 10.2. The SMILES string of the molecule is CCC[Si](C)(C)OC.NCN. The first-order valence-corrected chi connectivity index (χ1v) is 7.10. The quantitative estimate of drug-likeness (QED) is 0.503. The van der Waals surface area contributed by atoms with Gasteiger partial charge in [-0.05, 0) is 19.1 Å². The predicted octanol–water partition coefficient (Wildman–Crippen LogP) is 1.11. The second-order valence-corrected chi connectivity index (χ2v) is 7.38. The van der Waals surface area contributed by atoms with Crippen molar-refractivity contribution in [1.29, 1.82) is 0 Å². The zero-order valence-corrected chi connectivity index (χ0v) is 9.18. The molecule has 0 aliphatic carbocycles. The number of nitrogens with two attached hydrogens (primary N) is 2. The van der Waals surface area contributed by atoms with Crippen molar-refractivity contribution in [3.8, 4) is 0 Å². The van der Waals surface area contributed by atoms with Gasteiger partial charge in [-0.3, -0.25) is 0 Å². The minimum Gasteiger partial charge on any atom is -0.420 e. The van der Waals surface area contributed by atoms with Crippen LogP contribution in [0.5, 0.6) is 0 Å². The molecule has 0 amide bonds. The van der Waals surface area contributed by atoms with Crippen molar-refractivity contribution in [3.63, 3.8) is 0 Å². The molecule has 4 heteroatoms. The van der Waals surface area contributed by atoms with Crippen LogP contribution in [-0.2, 0) is 4.43 Å². The average Bonchev–Trinajstić information content (AvgIpc) is 1.90. The minimum atomic E-state index is -1.18. The lowest BCUT2D eigenvalue weighted by molar-refractivity contribution is 0.403. The highest BCUT2D eigenvalue weighted by Gasteiger charge is 2.17. The molecule has 0 saturated carbocycles. The van der Waals surface area contributed by atoms with Gasteiger partial charge in [0, 0.05) is 13.8 Å². The molecule has 0 radical (unpaired) electrons. The molecular formula is C7H22N2OSi. The largest absolute Gasteiger partial charge is 0.420 e. The van der Waals surface area contributed by atoms with Crippen molar-refractivity contribution < 1.29 is 4.43 Å². The maximum atomic E-state index is 5.32. The molecule has 70 valence electrons. The van der Waals surface area contributed by atoms with Gasteiger partial charge in [0.1, 0.15) is 0 Å². The van der Waals surface area contributed by atoms with E-state index in [0.717, 1.165) is 0 Å². The van der Waals surface area contributed by atoms with Gasteiger partial charge >= 0.3 is 0 Å². The van der Waals surface area contributed by atoms with Gasteiger partial charge in [-0.1, -0.05) is 13.3 Å². The summed E-state index contributed by atoms with van der Waals surface area (Å²) in [5.74, 6) is 0. The molecule has 0 bridgehead atoms. The summed E-state index contributed by atoms with van der Waals surface area (Å²) in [6.07, 6.45) is 1.26. The molecular weight excluding hydrogens is 156 g/mol. The summed E-state index contributed by atoms with van der Waals surface area (Å²) in [4.78, 5) is 0. The molecule has 0 rings (SSSR count). The summed E-state index contributed by atoms with van der Waals surface area (Å²) in [6.45, 7) is 6.95. The maximum absolute atomic E-state index is 5.32. The van der Waals surface area contributed by atoms with Crippen molar-refractivity contribution >= 4 is 8.32 Å². The van der Waals surface area contributed by atoms with Crippen LogP contribution in [0.2, 0.25) is 19.1 Å². The van der Waals surface area contributed by atoms with Crippen LogP contribution in [0.3, 0.4) is 0 Å². The molecule has 4 N–H and O–H groups in total. The van der Waals surface area contributed by atoms with Gasteiger partial charge in [0.15, 0.2) is 8.32 Å². The third kappa shape index (κ3) is 13.1. The third-order valence-corrected chi connectivity index (χ3v) is 4.21. The van der Waals surface area contributed by atoms with Crippen molar-refractivity contribution in [3.05, 3.63) is 0 Å². The highest BCUT2D eigenvalue weighted by Crippen LogP contribution is 2.10. The number of rotatable bonds is 3. The van der Waals surface area contributed by atoms with E-state index in [1.165, 1.54) is 12.5 Å². The van der Waals surface area contributed by atoms with Crippen LogP contribution in [0.4, 0.5) is 0 Å². The summed E-state index contributed by atoms with van der Waals surface area (Å²) in [5.41, 5.74) is 9.25. The van der Waals surface area contributed by atoms with E-state index in [1.54, 1.807) is 0 Å². The first-order chi connectivity index (χ1) is 5.04. The van der Waals surface area contributed by atoms with E-state index < -0.39 is 8.32 Å². The molecule has 0 aliphatic heterocycles. The van der Waals surface area contributed by atoms with E-state index in [2.05, 4.69) is 31.5 Å². The number of hydrogen-bond donors (Lipinski definition) is 2. The zero-order chi connectivity index (χ0) is 9.33. The van der Waals surface area contributed by atoms with Crippen LogP contribution in [0.25, 0.3) is 0 Å². The highest BCUT2D eigenvalue weighted by molar-refractivity contribution is 6.71. The van der Waals surface area contributed by atoms with Gasteiger partial charge in [0.25, 0.3) is 0 Å². The molecule has 0 fully saturated rings. The summed E-state index contributed by atoms with van der Waals surface area (Å²) < 4.78 is 5.32. The number of hydrogen-bond acceptors (Lipinski definition) is 3. The first kappa shape index (κ1) is 13.7. The van der Waals surface area contributed by atoms with E-state index in [1.807, 2.05) is 7.11 Å². The van der Waals surface area contributed by atoms with Crippen LogP contribution in [-0.4, -0.2) is 22.1 Å². The van der Waals surface area contributed by atoms with Gasteiger partial charge in [-0.2, -0.15) is 0 Å². The second-order valence-electron chi connectivity index (χ2n) is 2.95. The Morgan fingerprint density at radius 3 is 1.73 bits per heavy atom. The lowest BCUT2D eigenvalue weighted by atomic mass is 10.6. The average molecular weight is 178 g/mol. The fourth-order valence-electron chi connectivity index (χ4n) is 0.704. The van der Waals surface area contributed by atoms with Crippen molar-refractivity contribution in [2.75, 3.05) is 13.8 Å². The molecule has 0 heterocycles. The molecule has 0 aliphatic rings. The van der Waals surface area contributed by atoms with Gasteiger partial charge in [0.05, 0.1) is 0 Å². The maximum Gasteiger partial charge on any atom is 0.186 e. The van der Waals surface area contributed by atoms with E-state index in [-0.39, 0.29) is 6.67 Å². The molecule has 0 aromatic heterocycles. The molecule has 0 atom stereocenters. The van der Waals surface area contributed by atoms with Crippen LogP contribution < -0.4 is 11.5 Å². The second kappa shape index (κ2) is 8.20. The Bertz CT molecular complexity index is 78.8. The normalized spacial score (nSPS) is 10.4. The monoisotopic (exact) mass is 178 g/mol. The van der Waals surface area contributed by atoms with E-state index in [4.69, 9.17) is 4.43 Å². The van der Waals surface area contributed by atoms with Crippen molar-refractivity contribution in [2.45, 2.75) is 32.5 Å². The molecule has 0 unspecified atom stereocenters. The summed E-state index contributed by atoms with van der Waals surface area (Å²) in [5, 5.41) is 0. The van der Waals surface area contributed by atoms with Crippen molar-refractivity contribution in [2.24, 2.45) is 11.5 Å². The highest BCUT2D eigenvalue weighted by atomic mass is 28.4. The van der Waals surface area contributed by atoms with E-state index in [9.17, 15) is 0 Å². The lowest BCUT2D eigenvalue weighted by Gasteiger charge is -2.17. The van der Waals surface area contributed by atoms with E-state index >= 15 is 0 Å². The van der Waals surface area contributed by atoms with Gasteiger partial charge < -0.3 is 15.9 Å². The fourth-order valence-corrected chi connectivity index (χ4v) is 2.11. The smallest absolute Gasteiger partial charge is 0.186 e. The van der Waals surface area contributed by atoms with Crippen molar-refractivity contribution in [1.82, 2.24) is 0 Å². The van der Waals surface area contributed by atoms with Gasteiger partial charge in [-0.25, -0.2) is 0 Å². The molecule has 0 spiro atoms. The summed E-state index contributed by atoms with van der Waals surface area (Å²) in [6, 6.07) is 1.28. The Balaban J connectivity index is 0. The van der Waals surface area contributed by atoms with Gasteiger partial charge in [0.2, 0.25) is 0 Å².